The van der Waals surface area contributed by atoms with Gasteiger partial charge in [-0.05, 0) is 43.7 Å². The first-order chi connectivity index (χ1) is 11.0. The molecule has 0 spiro atoms. The molecule has 0 radical (unpaired) electrons. The molecule has 1 aliphatic rings. The Hall–Kier alpha value is -2.82. The van der Waals surface area contributed by atoms with Gasteiger partial charge in [0.2, 0.25) is 0 Å². The van der Waals surface area contributed by atoms with Crippen LogP contribution in [0.25, 0.3) is 0 Å². The number of hydrogen-bond donors (Lipinski definition) is 1. The number of fused-ring (bicyclic) bond motifs is 1. The van der Waals surface area contributed by atoms with E-state index in [1.807, 2.05) is 25.1 Å². The van der Waals surface area contributed by atoms with Gasteiger partial charge >= 0.3 is 0 Å². The Kier molecular flexibility index (Phi) is 3.78. The Labute approximate surface area is 134 Å². The van der Waals surface area contributed by atoms with Crippen LogP contribution in [0.5, 0.6) is 5.75 Å². The highest BCUT2D eigenvalue weighted by Gasteiger charge is 2.29. The van der Waals surface area contributed by atoms with Crippen LogP contribution in [0.15, 0.2) is 42.5 Å². The topological polar surface area (TPSA) is 58.6 Å². The van der Waals surface area contributed by atoms with Crippen molar-refractivity contribution in [1.29, 1.82) is 0 Å². The molecule has 0 bridgehead atoms. The Morgan fingerprint density at radius 1 is 1.22 bits per heavy atom. The van der Waals surface area contributed by atoms with Gasteiger partial charge in [-0.1, -0.05) is 18.2 Å². The van der Waals surface area contributed by atoms with Crippen molar-refractivity contribution in [1.82, 2.24) is 0 Å². The zero-order valence-corrected chi connectivity index (χ0v) is 13.3. The molecule has 1 aliphatic heterocycles. The van der Waals surface area contributed by atoms with Crippen molar-refractivity contribution in [2.45, 2.75) is 20.0 Å². The van der Waals surface area contributed by atoms with E-state index in [0.29, 0.717) is 22.7 Å². The standard InChI is InChI=1S/C18H18N2O3/c1-11-6-4-5-7-14(11)17(21)19-13-8-9-16-15(10-13)20(3)18(22)12(2)23-16/h4-10,12H,1-3H3,(H,19,21)/t12-/m0/s1. The van der Waals surface area contributed by atoms with Crippen LogP contribution in [0.4, 0.5) is 11.4 Å². The van der Waals surface area contributed by atoms with Crippen LogP contribution in [0.3, 0.4) is 0 Å². The number of amides is 2. The van der Waals surface area contributed by atoms with E-state index >= 15 is 0 Å². The molecule has 0 saturated heterocycles. The van der Waals surface area contributed by atoms with E-state index < -0.39 is 6.10 Å². The maximum atomic E-state index is 12.4. The molecule has 2 amide bonds. The van der Waals surface area contributed by atoms with Crippen molar-refractivity contribution in [2.75, 3.05) is 17.3 Å². The number of hydrogen-bond acceptors (Lipinski definition) is 3. The highest BCUT2D eigenvalue weighted by Crippen LogP contribution is 2.35. The number of aryl methyl sites for hydroxylation is 1. The van der Waals surface area contributed by atoms with Gasteiger partial charge < -0.3 is 15.0 Å². The number of anilines is 2. The van der Waals surface area contributed by atoms with Gasteiger partial charge in [-0.15, -0.1) is 0 Å². The first-order valence-corrected chi connectivity index (χ1v) is 7.42. The first kappa shape index (κ1) is 15.1. The Morgan fingerprint density at radius 2 is 1.96 bits per heavy atom. The summed E-state index contributed by atoms with van der Waals surface area (Å²) < 4.78 is 5.57. The van der Waals surface area contributed by atoms with Gasteiger partial charge in [0.1, 0.15) is 5.75 Å². The third kappa shape index (κ3) is 2.77. The molecule has 1 heterocycles. The molecule has 0 saturated carbocycles. The molecule has 23 heavy (non-hydrogen) atoms. The third-order valence-corrected chi connectivity index (χ3v) is 3.95. The minimum absolute atomic E-state index is 0.111. The largest absolute Gasteiger partial charge is 0.479 e. The van der Waals surface area contributed by atoms with Crippen molar-refractivity contribution in [3.8, 4) is 5.75 Å². The molecule has 5 heteroatoms. The van der Waals surface area contributed by atoms with E-state index in [-0.39, 0.29) is 11.8 Å². The Balaban J connectivity index is 1.87. The fraction of sp³-hybridized carbons (Fsp3) is 0.222. The number of nitrogens with zero attached hydrogens (tertiary/aromatic N) is 1. The molecule has 0 aliphatic carbocycles. The van der Waals surface area contributed by atoms with Gasteiger partial charge in [-0.25, -0.2) is 0 Å². The lowest BCUT2D eigenvalue weighted by Gasteiger charge is -2.30. The van der Waals surface area contributed by atoms with E-state index in [4.69, 9.17) is 4.74 Å². The normalized spacial score (nSPS) is 16.6. The summed E-state index contributed by atoms with van der Waals surface area (Å²) in [4.78, 5) is 25.9. The van der Waals surface area contributed by atoms with E-state index in [1.54, 1.807) is 43.1 Å². The number of likely N-dealkylation sites (N-methyl/N-ethyl adjacent to an activating group) is 1. The monoisotopic (exact) mass is 310 g/mol. The molecule has 1 atom stereocenters. The van der Waals surface area contributed by atoms with Gasteiger partial charge in [-0.2, -0.15) is 0 Å². The lowest BCUT2D eigenvalue weighted by Crippen LogP contribution is -2.41. The minimum atomic E-state index is -0.500. The molecule has 2 aromatic rings. The number of ether oxygens (including phenoxy) is 1. The second-order valence-corrected chi connectivity index (χ2v) is 5.61. The van der Waals surface area contributed by atoms with E-state index in [0.717, 1.165) is 5.56 Å². The van der Waals surface area contributed by atoms with Gasteiger partial charge in [0, 0.05) is 18.3 Å². The number of carbonyl (C=O) groups is 2. The summed E-state index contributed by atoms with van der Waals surface area (Å²) in [5.74, 6) is 0.343. The van der Waals surface area contributed by atoms with Gasteiger partial charge in [-0.3, -0.25) is 9.59 Å². The zero-order valence-electron chi connectivity index (χ0n) is 13.3. The van der Waals surface area contributed by atoms with Gasteiger partial charge in [0.25, 0.3) is 11.8 Å². The lowest BCUT2D eigenvalue weighted by molar-refractivity contribution is -0.125. The van der Waals surface area contributed by atoms with Crippen LogP contribution in [0.2, 0.25) is 0 Å². The second-order valence-electron chi connectivity index (χ2n) is 5.61. The fourth-order valence-corrected chi connectivity index (χ4v) is 2.62. The van der Waals surface area contributed by atoms with Gasteiger partial charge in [0.05, 0.1) is 5.69 Å². The molecule has 0 aromatic heterocycles. The molecular formula is C18H18N2O3. The molecule has 0 fully saturated rings. The second kappa shape index (κ2) is 5.76. The summed E-state index contributed by atoms with van der Waals surface area (Å²) >= 11 is 0. The van der Waals surface area contributed by atoms with Crippen molar-refractivity contribution in [2.24, 2.45) is 0 Å². The lowest BCUT2D eigenvalue weighted by atomic mass is 10.1. The van der Waals surface area contributed by atoms with Gasteiger partial charge in [0.15, 0.2) is 6.10 Å². The molecule has 118 valence electrons. The first-order valence-electron chi connectivity index (χ1n) is 7.42. The van der Waals surface area contributed by atoms with Crippen LogP contribution in [-0.4, -0.2) is 25.0 Å². The smallest absolute Gasteiger partial charge is 0.267 e. The highest BCUT2D eigenvalue weighted by atomic mass is 16.5. The molecule has 1 N–H and O–H groups in total. The van der Waals surface area contributed by atoms with E-state index in [2.05, 4.69) is 5.32 Å². The molecule has 2 aromatic carbocycles. The number of rotatable bonds is 2. The average Bonchev–Trinajstić information content (AvgIpc) is 2.54. The summed E-state index contributed by atoms with van der Waals surface area (Å²) in [5, 5.41) is 2.86. The Bertz CT molecular complexity index is 786. The third-order valence-electron chi connectivity index (χ3n) is 3.95. The summed E-state index contributed by atoms with van der Waals surface area (Å²) in [5.41, 5.74) is 2.80. The predicted molar refractivity (Wildman–Crippen MR) is 89.1 cm³/mol. The molecule has 3 rings (SSSR count). The van der Waals surface area contributed by atoms with Crippen LogP contribution in [0.1, 0.15) is 22.8 Å². The van der Waals surface area contributed by atoms with Crippen LogP contribution >= 0.6 is 0 Å². The van der Waals surface area contributed by atoms with Crippen molar-refractivity contribution >= 4 is 23.2 Å². The van der Waals surface area contributed by atoms with Crippen LogP contribution < -0.4 is 15.0 Å². The number of carbonyl (C=O) groups excluding carboxylic acids is 2. The van der Waals surface area contributed by atoms with Crippen LogP contribution in [0, 0.1) is 6.92 Å². The number of nitrogens with one attached hydrogen (secondary N) is 1. The minimum Gasteiger partial charge on any atom is -0.479 e. The van der Waals surface area contributed by atoms with E-state index in [9.17, 15) is 9.59 Å². The SMILES string of the molecule is Cc1ccccc1C(=O)Nc1ccc2c(c1)N(C)C(=O)[C@H](C)O2. The summed E-state index contributed by atoms with van der Waals surface area (Å²) in [6.45, 7) is 3.61. The maximum absolute atomic E-state index is 12.4. The summed E-state index contributed by atoms with van der Waals surface area (Å²) in [6, 6.07) is 12.7. The van der Waals surface area contributed by atoms with Crippen LogP contribution in [-0.2, 0) is 4.79 Å². The van der Waals surface area contributed by atoms with Crippen molar-refractivity contribution in [3.05, 3.63) is 53.6 Å². The maximum Gasteiger partial charge on any atom is 0.267 e. The summed E-state index contributed by atoms with van der Waals surface area (Å²) in [7, 11) is 1.70. The summed E-state index contributed by atoms with van der Waals surface area (Å²) in [6.07, 6.45) is -0.500. The highest BCUT2D eigenvalue weighted by molar-refractivity contribution is 6.06. The Morgan fingerprint density at radius 3 is 2.70 bits per heavy atom. The predicted octanol–water partition coefficient (Wildman–Crippen LogP) is 2.99. The average molecular weight is 310 g/mol. The number of benzene rings is 2. The van der Waals surface area contributed by atoms with E-state index in [1.165, 1.54) is 0 Å². The van der Waals surface area contributed by atoms with Crippen molar-refractivity contribution in [3.63, 3.8) is 0 Å². The zero-order chi connectivity index (χ0) is 16.6. The fourth-order valence-electron chi connectivity index (χ4n) is 2.62. The van der Waals surface area contributed by atoms with Crippen molar-refractivity contribution < 1.29 is 14.3 Å². The quantitative estimate of drug-likeness (QED) is 0.927. The molecular weight excluding hydrogens is 292 g/mol. The molecule has 0 unspecified atom stereocenters. The molecule has 5 nitrogen and oxygen atoms in total.